The van der Waals surface area contributed by atoms with E-state index in [4.69, 9.17) is 5.84 Å². The molecule has 0 radical (unpaired) electrons. The van der Waals surface area contributed by atoms with Gasteiger partial charge >= 0.3 is 0 Å². The van der Waals surface area contributed by atoms with Crippen molar-refractivity contribution in [2.24, 2.45) is 10.9 Å². The molecular formula is C11H16N2. The molecule has 0 amide bonds. The summed E-state index contributed by atoms with van der Waals surface area (Å²) in [4.78, 5) is 0. The molecule has 1 aromatic rings. The summed E-state index contributed by atoms with van der Waals surface area (Å²) in [6.45, 7) is 6.23. The summed E-state index contributed by atoms with van der Waals surface area (Å²) in [5, 5.41) is 3.78. The van der Waals surface area contributed by atoms with Gasteiger partial charge in [-0.1, -0.05) is 36.2 Å². The van der Waals surface area contributed by atoms with Gasteiger partial charge in [0.2, 0.25) is 0 Å². The van der Waals surface area contributed by atoms with Crippen LogP contribution < -0.4 is 5.84 Å². The molecule has 0 bridgehead atoms. The van der Waals surface area contributed by atoms with Crippen molar-refractivity contribution in [3.63, 3.8) is 0 Å². The van der Waals surface area contributed by atoms with Crippen LogP contribution in [0.1, 0.15) is 30.0 Å². The average Bonchev–Trinajstić information content (AvgIpc) is 2.04. The summed E-state index contributed by atoms with van der Waals surface area (Å²) < 4.78 is 0. The van der Waals surface area contributed by atoms with Crippen molar-refractivity contribution in [2.75, 3.05) is 0 Å². The van der Waals surface area contributed by atoms with Crippen LogP contribution in [0.4, 0.5) is 0 Å². The van der Waals surface area contributed by atoms with Gasteiger partial charge < -0.3 is 5.84 Å². The van der Waals surface area contributed by atoms with Gasteiger partial charge in [0, 0.05) is 0 Å². The smallest absolute Gasteiger partial charge is 0.0670 e. The van der Waals surface area contributed by atoms with Crippen LogP contribution in [0, 0.1) is 13.8 Å². The fraction of sp³-hybridized carbons (Fsp3) is 0.364. The second-order valence-corrected chi connectivity index (χ2v) is 3.31. The fourth-order valence-electron chi connectivity index (χ4n) is 1.51. The molecule has 70 valence electrons. The summed E-state index contributed by atoms with van der Waals surface area (Å²) in [5.74, 6) is 5.30. The topological polar surface area (TPSA) is 38.4 Å². The second-order valence-electron chi connectivity index (χ2n) is 3.31. The first-order valence-electron chi connectivity index (χ1n) is 4.52. The number of nitrogens with zero attached hydrogens (tertiary/aromatic N) is 1. The molecular weight excluding hydrogens is 160 g/mol. The minimum Gasteiger partial charge on any atom is -0.323 e. The maximum Gasteiger partial charge on any atom is 0.0670 e. The standard InChI is InChI=1S/C11H16N2/c1-4-11(13-12)10-6-8(2)5-9(3)7-10/h5-7H,4,12H2,1-3H3/b13-11-. The molecule has 0 saturated heterocycles. The summed E-state index contributed by atoms with van der Waals surface area (Å²) in [6, 6.07) is 6.37. The van der Waals surface area contributed by atoms with E-state index in [9.17, 15) is 0 Å². The number of hydrogen-bond donors (Lipinski definition) is 1. The molecule has 0 atom stereocenters. The van der Waals surface area contributed by atoms with E-state index in [1.165, 1.54) is 11.1 Å². The molecule has 0 aliphatic rings. The van der Waals surface area contributed by atoms with Crippen molar-refractivity contribution in [1.82, 2.24) is 0 Å². The summed E-state index contributed by atoms with van der Waals surface area (Å²) in [5.41, 5.74) is 4.61. The average molecular weight is 176 g/mol. The monoisotopic (exact) mass is 176 g/mol. The maximum absolute atomic E-state index is 5.30. The van der Waals surface area contributed by atoms with Crippen molar-refractivity contribution in [3.8, 4) is 0 Å². The van der Waals surface area contributed by atoms with Gasteiger partial charge in [0.1, 0.15) is 0 Å². The van der Waals surface area contributed by atoms with Gasteiger partial charge in [-0.25, -0.2) is 0 Å². The highest BCUT2D eigenvalue weighted by Crippen LogP contribution is 2.11. The Morgan fingerprint density at radius 2 is 1.77 bits per heavy atom. The maximum atomic E-state index is 5.30. The molecule has 1 aromatic carbocycles. The number of hydrazone groups is 1. The molecule has 0 aliphatic heterocycles. The van der Waals surface area contributed by atoms with Crippen LogP contribution in [0.5, 0.6) is 0 Å². The Kier molecular flexibility index (Phi) is 3.07. The highest BCUT2D eigenvalue weighted by Gasteiger charge is 2.01. The largest absolute Gasteiger partial charge is 0.323 e. The van der Waals surface area contributed by atoms with Gasteiger partial charge in [-0.2, -0.15) is 5.10 Å². The SMILES string of the molecule is CC/C(=N/N)c1cc(C)cc(C)c1. The second kappa shape index (κ2) is 4.08. The lowest BCUT2D eigenvalue weighted by molar-refractivity contribution is 1.17. The van der Waals surface area contributed by atoms with Crippen molar-refractivity contribution in [2.45, 2.75) is 27.2 Å². The summed E-state index contributed by atoms with van der Waals surface area (Å²) in [6.07, 6.45) is 0.874. The first-order chi connectivity index (χ1) is 6.17. The third kappa shape index (κ3) is 2.31. The highest BCUT2D eigenvalue weighted by molar-refractivity contribution is 6.00. The van der Waals surface area contributed by atoms with Gasteiger partial charge in [-0.3, -0.25) is 0 Å². The molecule has 13 heavy (non-hydrogen) atoms. The van der Waals surface area contributed by atoms with Crippen LogP contribution in [0.2, 0.25) is 0 Å². The predicted octanol–water partition coefficient (Wildman–Crippen LogP) is 2.38. The molecule has 0 spiro atoms. The van der Waals surface area contributed by atoms with E-state index in [1.807, 2.05) is 0 Å². The van der Waals surface area contributed by atoms with Crippen LogP contribution in [-0.2, 0) is 0 Å². The Hall–Kier alpha value is -1.31. The van der Waals surface area contributed by atoms with Crippen LogP contribution in [0.3, 0.4) is 0 Å². The summed E-state index contributed by atoms with van der Waals surface area (Å²) >= 11 is 0. The zero-order chi connectivity index (χ0) is 9.84. The molecule has 2 N–H and O–H groups in total. The molecule has 0 fully saturated rings. The van der Waals surface area contributed by atoms with E-state index in [2.05, 4.69) is 44.1 Å². The van der Waals surface area contributed by atoms with E-state index < -0.39 is 0 Å². The van der Waals surface area contributed by atoms with Crippen LogP contribution in [0.25, 0.3) is 0 Å². The molecule has 0 saturated carbocycles. The van der Waals surface area contributed by atoms with Gasteiger partial charge in [-0.05, 0) is 25.8 Å². The van der Waals surface area contributed by atoms with E-state index >= 15 is 0 Å². The number of benzene rings is 1. The minimum atomic E-state index is 0.874. The lowest BCUT2D eigenvalue weighted by Crippen LogP contribution is -2.03. The molecule has 2 heteroatoms. The Morgan fingerprint density at radius 1 is 1.23 bits per heavy atom. The van der Waals surface area contributed by atoms with Gasteiger partial charge in [0.25, 0.3) is 0 Å². The van der Waals surface area contributed by atoms with E-state index in [1.54, 1.807) is 0 Å². The van der Waals surface area contributed by atoms with E-state index in [0.29, 0.717) is 0 Å². The number of nitrogens with two attached hydrogens (primary N) is 1. The van der Waals surface area contributed by atoms with E-state index in [-0.39, 0.29) is 0 Å². The lowest BCUT2D eigenvalue weighted by Gasteiger charge is -2.05. The summed E-state index contributed by atoms with van der Waals surface area (Å²) in [7, 11) is 0. The quantitative estimate of drug-likeness (QED) is 0.419. The third-order valence-electron chi connectivity index (χ3n) is 2.05. The Bertz CT molecular complexity index is 307. The van der Waals surface area contributed by atoms with E-state index in [0.717, 1.165) is 17.7 Å². The molecule has 0 unspecified atom stereocenters. The van der Waals surface area contributed by atoms with Gasteiger partial charge in [0.15, 0.2) is 0 Å². The third-order valence-corrected chi connectivity index (χ3v) is 2.05. The molecule has 0 aliphatic carbocycles. The number of aryl methyl sites for hydroxylation is 2. The van der Waals surface area contributed by atoms with Crippen LogP contribution in [-0.4, -0.2) is 5.71 Å². The predicted molar refractivity (Wildman–Crippen MR) is 56.9 cm³/mol. The van der Waals surface area contributed by atoms with Crippen molar-refractivity contribution >= 4 is 5.71 Å². The number of hydrogen-bond acceptors (Lipinski definition) is 2. The molecule has 1 rings (SSSR count). The normalized spacial score (nSPS) is 11.8. The molecule has 0 aromatic heterocycles. The van der Waals surface area contributed by atoms with Crippen molar-refractivity contribution < 1.29 is 0 Å². The number of rotatable bonds is 2. The Morgan fingerprint density at radius 3 is 2.15 bits per heavy atom. The Labute approximate surface area is 79.5 Å². The van der Waals surface area contributed by atoms with Crippen molar-refractivity contribution in [1.29, 1.82) is 0 Å². The first-order valence-corrected chi connectivity index (χ1v) is 4.52. The zero-order valence-electron chi connectivity index (χ0n) is 8.46. The van der Waals surface area contributed by atoms with Gasteiger partial charge in [0.05, 0.1) is 5.71 Å². The first kappa shape index (κ1) is 9.78. The van der Waals surface area contributed by atoms with Crippen molar-refractivity contribution in [3.05, 3.63) is 34.9 Å². The lowest BCUT2D eigenvalue weighted by atomic mass is 10.0. The molecule has 0 heterocycles. The fourth-order valence-corrected chi connectivity index (χ4v) is 1.51. The molecule has 2 nitrogen and oxygen atoms in total. The Balaban J connectivity index is 3.14. The van der Waals surface area contributed by atoms with Gasteiger partial charge in [-0.15, -0.1) is 0 Å². The zero-order valence-corrected chi connectivity index (χ0v) is 8.46. The van der Waals surface area contributed by atoms with Crippen LogP contribution in [0.15, 0.2) is 23.3 Å². The highest BCUT2D eigenvalue weighted by atomic mass is 15.1. The minimum absolute atomic E-state index is 0.874. The van der Waals surface area contributed by atoms with Crippen LogP contribution >= 0.6 is 0 Å².